The molecule has 0 amide bonds. The van der Waals surface area contributed by atoms with Crippen LogP contribution in [-0.4, -0.2) is 18.0 Å². The minimum absolute atomic E-state index is 0.326. The standard InChI is InChI=1S/C20H20N4O/c1-2-25-16-10-8-15(9-11-16)24-20-13-19(17(21)12-18(20)22)23-14-6-4-3-5-7-14/h3-13,21,23H,2,22H2,1H3. The summed E-state index contributed by atoms with van der Waals surface area (Å²) in [6.07, 6.45) is 3.40. The molecule has 2 aromatic carbocycles. The van der Waals surface area contributed by atoms with Gasteiger partial charge in [-0.2, -0.15) is 0 Å². The van der Waals surface area contributed by atoms with Gasteiger partial charge < -0.3 is 15.8 Å². The van der Waals surface area contributed by atoms with Gasteiger partial charge in [-0.1, -0.05) is 18.2 Å². The molecule has 0 unspecified atom stereocenters. The van der Waals surface area contributed by atoms with Crippen LogP contribution in [0.2, 0.25) is 0 Å². The van der Waals surface area contributed by atoms with E-state index in [1.165, 1.54) is 0 Å². The lowest BCUT2D eigenvalue weighted by Gasteiger charge is -2.16. The van der Waals surface area contributed by atoms with E-state index >= 15 is 0 Å². The zero-order chi connectivity index (χ0) is 17.6. The van der Waals surface area contributed by atoms with Crippen LogP contribution < -0.4 is 15.8 Å². The number of hydrogen-bond acceptors (Lipinski definition) is 5. The van der Waals surface area contributed by atoms with E-state index in [4.69, 9.17) is 15.9 Å². The van der Waals surface area contributed by atoms with Gasteiger partial charge in [-0.05, 0) is 55.5 Å². The number of anilines is 1. The fourth-order valence-electron chi connectivity index (χ4n) is 2.40. The maximum Gasteiger partial charge on any atom is 0.119 e. The molecule has 0 radical (unpaired) electrons. The fourth-order valence-corrected chi connectivity index (χ4v) is 2.40. The van der Waals surface area contributed by atoms with Gasteiger partial charge in [0.15, 0.2) is 0 Å². The Balaban J connectivity index is 1.85. The van der Waals surface area contributed by atoms with E-state index in [1.807, 2.05) is 61.5 Å². The summed E-state index contributed by atoms with van der Waals surface area (Å²) in [4.78, 5) is 4.58. The number of allylic oxidation sites excluding steroid dienone is 2. The SMILES string of the molecule is CCOc1ccc(N=C2C=C(Nc3ccccc3)C(=N)C=C2N)cc1. The Kier molecular flexibility index (Phi) is 4.95. The first kappa shape index (κ1) is 16.5. The van der Waals surface area contributed by atoms with Crippen LogP contribution in [-0.2, 0) is 0 Å². The Bertz CT molecular complexity index is 849. The van der Waals surface area contributed by atoms with Gasteiger partial charge >= 0.3 is 0 Å². The van der Waals surface area contributed by atoms with Crippen molar-refractivity contribution in [1.29, 1.82) is 5.41 Å². The van der Waals surface area contributed by atoms with Crippen molar-refractivity contribution in [1.82, 2.24) is 0 Å². The molecule has 4 N–H and O–H groups in total. The van der Waals surface area contributed by atoms with E-state index in [0.717, 1.165) is 17.1 Å². The highest BCUT2D eigenvalue weighted by Gasteiger charge is 2.14. The number of benzene rings is 2. The van der Waals surface area contributed by atoms with E-state index in [-0.39, 0.29) is 0 Å². The van der Waals surface area contributed by atoms with Crippen LogP contribution in [0, 0.1) is 5.41 Å². The molecule has 1 aliphatic rings. The Labute approximate surface area is 147 Å². The van der Waals surface area contributed by atoms with Crippen molar-refractivity contribution in [2.24, 2.45) is 10.7 Å². The van der Waals surface area contributed by atoms with Crippen LogP contribution in [0.1, 0.15) is 6.92 Å². The van der Waals surface area contributed by atoms with Crippen molar-refractivity contribution in [2.45, 2.75) is 6.92 Å². The molecule has 0 saturated carbocycles. The summed E-state index contributed by atoms with van der Waals surface area (Å²) in [5.41, 5.74) is 9.81. The molecule has 0 aromatic heterocycles. The maximum absolute atomic E-state index is 8.11. The first-order chi connectivity index (χ1) is 12.2. The highest BCUT2D eigenvalue weighted by Crippen LogP contribution is 2.21. The smallest absolute Gasteiger partial charge is 0.119 e. The third-order valence-electron chi connectivity index (χ3n) is 3.62. The molecule has 0 aliphatic heterocycles. The average Bonchev–Trinajstić information content (AvgIpc) is 2.62. The number of aliphatic imine (C=N–C) groups is 1. The predicted molar refractivity (Wildman–Crippen MR) is 103 cm³/mol. The molecule has 2 aromatic rings. The fraction of sp³-hybridized carbons (Fsp3) is 0.100. The molecule has 0 bridgehead atoms. The van der Waals surface area contributed by atoms with Crippen molar-refractivity contribution in [2.75, 3.05) is 11.9 Å². The summed E-state index contributed by atoms with van der Waals surface area (Å²) in [6.45, 7) is 2.57. The number of rotatable bonds is 5. The van der Waals surface area contributed by atoms with Crippen LogP contribution in [0.25, 0.3) is 0 Å². The minimum atomic E-state index is 0.326. The second-order valence-electron chi connectivity index (χ2n) is 5.49. The highest BCUT2D eigenvalue weighted by atomic mass is 16.5. The molecule has 0 heterocycles. The lowest BCUT2D eigenvalue weighted by molar-refractivity contribution is 0.340. The molecule has 5 heteroatoms. The third kappa shape index (κ3) is 4.14. The summed E-state index contributed by atoms with van der Waals surface area (Å²) >= 11 is 0. The van der Waals surface area contributed by atoms with Crippen LogP contribution in [0.5, 0.6) is 5.75 Å². The molecule has 126 valence electrons. The highest BCUT2D eigenvalue weighted by molar-refractivity contribution is 6.23. The topological polar surface area (TPSA) is 83.5 Å². The molecular formula is C20H20N4O. The number of para-hydroxylation sites is 1. The zero-order valence-corrected chi connectivity index (χ0v) is 14.0. The maximum atomic E-state index is 8.11. The number of ether oxygens (including phenoxy) is 1. The van der Waals surface area contributed by atoms with Crippen LogP contribution >= 0.6 is 0 Å². The summed E-state index contributed by atoms with van der Waals surface area (Å²) in [6, 6.07) is 17.2. The lowest BCUT2D eigenvalue weighted by Crippen LogP contribution is -2.21. The zero-order valence-electron chi connectivity index (χ0n) is 14.0. The Morgan fingerprint density at radius 3 is 2.44 bits per heavy atom. The number of nitrogens with one attached hydrogen (secondary N) is 2. The first-order valence-corrected chi connectivity index (χ1v) is 8.07. The average molecular weight is 332 g/mol. The van der Waals surface area contributed by atoms with Gasteiger partial charge in [-0.25, -0.2) is 4.99 Å². The molecule has 25 heavy (non-hydrogen) atoms. The third-order valence-corrected chi connectivity index (χ3v) is 3.62. The van der Waals surface area contributed by atoms with Gasteiger partial charge in [0.1, 0.15) is 5.75 Å². The van der Waals surface area contributed by atoms with Gasteiger partial charge in [0.25, 0.3) is 0 Å². The normalized spacial score (nSPS) is 15.6. The van der Waals surface area contributed by atoms with Crippen LogP contribution in [0.3, 0.4) is 0 Å². The molecule has 0 spiro atoms. The summed E-state index contributed by atoms with van der Waals surface area (Å²) in [5, 5.41) is 11.3. The second-order valence-corrected chi connectivity index (χ2v) is 5.49. The Morgan fingerprint density at radius 1 is 1.04 bits per heavy atom. The molecule has 5 nitrogen and oxygen atoms in total. The van der Waals surface area contributed by atoms with Crippen molar-refractivity contribution < 1.29 is 4.74 Å². The van der Waals surface area contributed by atoms with E-state index in [0.29, 0.717) is 29.4 Å². The Morgan fingerprint density at radius 2 is 1.76 bits per heavy atom. The van der Waals surface area contributed by atoms with E-state index in [9.17, 15) is 0 Å². The minimum Gasteiger partial charge on any atom is -0.494 e. The van der Waals surface area contributed by atoms with Gasteiger partial charge in [0.2, 0.25) is 0 Å². The Hall–Kier alpha value is -3.34. The van der Waals surface area contributed by atoms with E-state index < -0.39 is 0 Å². The predicted octanol–water partition coefficient (Wildman–Crippen LogP) is 4.03. The largest absolute Gasteiger partial charge is 0.494 e. The monoisotopic (exact) mass is 332 g/mol. The number of nitrogens with zero attached hydrogens (tertiary/aromatic N) is 1. The van der Waals surface area contributed by atoms with E-state index in [2.05, 4.69) is 10.3 Å². The summed E-state index contributed by atoms with van der Waals surface area (Å²) in [7, 11) is 0. The van der Waals surface area contributed by atoms with Gasteiger partial charge in [0, 0.05) is 5.69 Å². The van der Waals surface area contributed by atoms with Crippen molar-refractivity contribution in [3.63, 3.8) is 0 Å². The molecular weight excluding hydrogens is 312 g/mol. The number of nitrogens with two attached hydrogens (primary N) is 1. The van der Waals surface area contributed by atoms with E-state index in [1.54, 1.807) is 12.2 Å². The lowest BCUT2D eigenvalue weighted by atomic mass is 10.0. The molecule has 0 saturated heterocycles. The van der Waals surface area contributed by atoms with Gasteiger partial charge in [-0.3, -0.25) is 5.41 Å². The quantitative estimate of drug-likeness (QED) is 0.723. The summed E-state index contributed by atoms with van der Waals surface area (Å²) < 4.78 is 5.43. The summed E-state index contributed by atoms with van der Waals surface area (Å²) in [5.74, 6) is 0.808. The molecule has 0 fully saturated rings. The van der Waals surface area contributed by atoms with Crippen molar-refractivity contribution >= 4 is 22.8 Å². The van der Waals surface area contributed by atoms with Crippen LogP contribution in [0.15, 0.2) is 83.1 Å². The van der Waals surface area contributed by atoms with Crippen LogP contribution in [0.4, 0.5) is 11.4 Å². The van der Waals surface area contributed by atoms with Crippen molar-refractivity contribution in [3.05, 3.63) is 78.1 Å². The van der Waals surface area contributed by atoms with Crippen molar-refractivity contribution in [3.8, 4) is 5.75 Å². The molecule has 3 rings (SSSR count). The molecule has 0 atom stereocenters. The van der Waals surface area contributed by atoms with Gasteiger partial charge in [0.05, 0.1) is 35.1 Å². The second kappa shape index (κ2) is 7.49. The van der Waals surface area contributed by atoms with Gasteiger partial charge in [-0.15, -0.1) is 0 Å². The first-order valence-electron chi connectivity index (χ1n) is 8.07. The molecule has 1 aliphatic carbocycles. The number of hydrogen-bond donors (Lipinski definition) is 3.